The normalized spacial score (nSPS) is 9.15. The second-order valence-electron chi connectivity index (χ2n) is 2.76. The molecule has 0 radical (unpaired) electrons. The second kappa shape index (κ2) is 4.94. The molecule has 0 fully saturated rings. The molecular weight excluding hydrogens is 183 g/mol. The summed E-state index contributed by atoms with van der Waals surface area (Å²) in [6, 6.07) is 5.05. The zero-order chi connectivity index (χ0) is 9.68. The largest absolute Gasteiger partial charge is 0.206 e. The maximum atomic E-state index is 13.2. The van der Waals surface area contributed by atoms with Gasteiger partial charge in [0, 0.05) is 12.2 Å². The van der Waals surface area contributed by atoms with Gasteiger partial charge < -0.3 is 0 Å². The number of halogens is 1. The summed E-state index contributed by atoms with van der Waals surface area (Å²) in [6.07, 6.45) is 0.691. The van der Waals surface area contributed by atoms with Crippen molar-refractivity contribution in [2.75, 3.05) is 5.75 Å². The molecule has 1 aromatic rings. The minimum absolute atomic E-state index is 0.244. The molecule has 0 N–H and O–H groups in total. The maximum Gasteiger partial charge on any atom is 0.139 e. The molecule has 1 aromatic carbocycles. The molecule has 0 amide bonds. The van der Waals surface area contributed by atoms with E-state index in [4.69, 9.17) is 0 Å². The van der Waals surface area contributed by atoms with Crippen molar-refractivity contribution in [3.63, 3.8) is 0 Å². The van der Waals surface area contributed by atoms with Gasteiger partial charge in [0.2, 0.25) is 0 Å². The molecule has 0 nitrogen and oxygen atoms in total. The predicted octanol–water partition coefficient (Wildman–Crippen LogP) is 2.81. The van der Waals surface area contributed by atoms with Crippen LogP contribution in [0.25, 0.3) is 0 Å². The number of hydrogen-bond acceptors (Lipinski definition) is 1. The molecular formula is C11H11FS. The van der Waals surface area contributed by atoms with Crippen molar-refractivity contribution in [1.82, 2.24) is 0 Å². The Morgan fingerprint density at radius 1 is 1.46 bits per heavy atom. The lowest BCUT2D eigenvalue weighted by molar-refractivity contribution is 0.623. The Balaban J connectivity index is 2.85. The Morgan fingerprint density at radius 3 is 2.85 bits per heavy atom. The zero-order valence-electron chi connectivity index (χ0n) is 7.47. The lowest BCUT2D eigenvalue weighted by Crippen LogP contribution is -1.84. The molecule has 0 saturated heterocycles. The Kier molecular flexibility index (Phi) is 3.85. The summed E-state index contributed by atoms with van der Waals surface area (Å²) in [7, 11) is 0. The minimum Gasteiger partial charge on any atom is -0.206 e. The van der Waals surface area contributed by atoms with Gasteiger partial charge in [0.1, 0.15) is 5.82 Å². The molecule has 0 aromatic heterocycles. The smallest absolute Gasteiger partial charge is 0.139 e. The van der Waals surface area contributed by atoms with Crippen molar-refractivity contribution >= 4 is 12.6 Å². The van der Waals surface area contributed by atoms with E-state index >= 15 is 0 Å². The molecule has 0 saturated carbocycles. The van der Waals surface area contributed by atoms with E-state index in [1.54, 1.807) is 6.07 Å². The van der Waals surface area contributed by atoms with Crippen LogP contribution in [0.4, 0.5) is 4.39 Å². The Morgan fingerprint density at radius 2 is 2.23 bits per heavy atom. The molecule has 0 bridgehead atoms. The average molecular weight is 194 g/mol. The third-order valence-electron chi connectivity index (χ3n) is 1.58. The highest BCUT2D eigenvalue weighted by molar-refractivity contribution is 7.80. The molecule has 0 unspecified atom stereocenters. The first kappa shape index (κ1) is 10.1. The first-order valence-electron chi connectivity index (χ1n) is 4.10. The number of hydrogen-bond donors (Lipinski definition) is 1. The molecule has 0 aliphatic rings. The summed E-state index contributed by atoms with van der Waals surface area (Å²) in [6.45, 7) is 1.86. The lowest BCUT2D eigenvalue weighted by Gasteiger charge is -1.95. The summed E-state index contributed by atoms with van der Waals surface area (Å²) in [5, 5.41) is 0. The van der Waals surface area contributed by atoms with Crippen molar-refractivity contribution in [2.45, 2.75) is 13.3 Å². The predicted molar refractivity (Wildman–Crippen MR) is 56.5 cm³/mol. The van der Waals surface area contributed by atoms with E-state index in [1.807, 2.05) is 13.0 Å². The van der Waals surface area contributed by atoms with Crippen LogP contribution in [0.3, 0.4) is 0 Å². The monoisotopic (exact) mass is 194 g/mol. The molecule has 0 aliphatic carbocycles. The SMILES string of the molecule is Cc1ccc(C#CCCS)c(F)c1. The summed E-state index contributed by atoms with van der Waals surface area (Å²) in [5.41, 5.74) is 1.38. The van der Waals surface area contributed by atoms with E-state index in [0.29, 0.717) is 17.7 Å². The van der Waals surface area contributed by atoms with Gasteiger partial charge in [-0.25, -0.2) is 4.39 Å². The van der Waals surface area contributed by atoms with Crippen molar-refractivity contribution in [2.24, 2.45) is 0 Å². The van der Waals surface area contributed by atoms with Crippen LogP contribution in [0.5, 0.6) is 0 Å². The van der Waals surface area contributed by atoms with Crippen LogP contribution in [-0.4, -0.2) is 5.75 Å². The van der Waals surface area contributed by atoms with Gasteiger partial charge in [0.15, 0.2) is 0 Å². The standard InChI is InChI=1S/C11H11FS/c1-9-5-6-10(11(12)8-9)4-2-3-7-13/h5-6,8,13H,3,7H2,1H3. The van der Waals surface area contributed by atoms with E-state index in [0.717, 1.165) is 5.56 Å². The van der Waals surface area contributed by atoms with Crippen molar-refractivity contribution in [3.8, 4) is 11.8 Å². The Bertz CT molecular complexity index is 347. The lowest BCUT2D eigenvalue weighted by atomic mass is 10.1. The van der Waals surface area contributed by atoms with Crippen LogP contribution in [0.1, 0.15) is 17.5 Å². The van der Waals surface area contributed by atoms with Crippen molar-refractivity contribution in [3.05, 3.63) is 35.1 Å². The fourth-order valence-corrected chi connectivity index (χ4v) is 1.05. The van der Waals surface area contributed by atoms with Gasteiger partial charge in [-0.15, -0.1) is 0 Å². The van der Waals surface area contributed by atoms with Crippen molar-refractivity contribution in [1.29, 1.82) is 0 Å². The van der Waals surface area contributed by atoms with Gasteiger partial charge in [-0.3, -0.25) is 0 Å². The van der Waals surface area contributed by atoms with E-state index in [9.17, 15) is 4.39 Å². The van der Waals surface area contributed by atoms with Gasteiger partial charge in [0.25, 0.3) is 0 Å². The summed E-state index contributed by atoms with van der Waals surface area (Å²) >= 11 is 4.01. The van der Waals surface area contributed by atoms with Crippen LogP contribution < -0.4 is 0 Å². The minimum atomic E-state index is -0.244. The number of benzene rings is 1. The van der Waals surface area contributed by atoms with Crippen LogP contribution in [0.2, 0.25) is 0 Å². The third-order valence-corrected chi connectivity index (χ3v) is 1.81. The van der Waals surface area contributed by atoms with E-state index in [1.165, 1.54) is 6.07 Å². The Hall–Kier alpha value is -0.940. The van der Waals surface area contributed by atoms with Gasteiger partial charge in [-0.1, -0.05) is 17.9 Å². The van der Waals surface area contributed by atoms with Crippen LogP contribution in [0, 0.1) is 24.6 Å². The molecule has 1 rings (SSSR count). The summed E-state index contributed by atoms with van der Waals surface area (Å²) in [4.78, 5) is 0. The first-order chi connectivity index (χ1) is 6.24. The highest BCUT2D eigenvalue weighted by atomic mass is 32.1. The first-order valence-corrected chi connectivity index (χ1v) is 4.73. The summed E-state index contributed by atoms with van der Waals surface area (Å²) < 4.78 is 13.2. The van der Waals surface area contributed by atoms with E-state index in [-0.39, 0.29) is 5.82 Å². The van der Waals surface area contributed by atoms with Crippen LogP contribution in [0.15, 0.2) is 18.2 Å². The number of aryl methyl sites for hydroxylation is 1. The van der Waals surface area contributed by atoms with E-state index < -0.39 is 0 Å². The number of thiol groups is 1. The maximum absolute atomic E-state index is 13.2. The third kappa shape index (κ3) is 3.12. The number of rotatable bonds is 1. The average Bonchev–Trinajstić information content (AvgIpc) is 2.09. The van der Waals surface area contributed by atoms with E-state index in [2.05, 4.69) is 24.5 Å². The fourth-order valence-electron chi connectivity index (χ4n) is 0.935. The molecule has 0 atom stereocenters. The zero-order valence-corrected chi connectivity index (χ0v) is 8.37. The van der Waals surface area contributed by atoms with Gasteiger partial charge in [-0.05, 0) is 24.6 Å². The van der Waals surface area contributed by atoms with Crippen LogP contribution in [-0.2, 0) is 0 Å². The topological polar surface area (TPSA) is 0 Å². The summed E-state index contributed by atoms with van der Waals surface area (Å²) in [5.74, 6) is 6.08. The van der Waals surface area contributed by atoms with Gasteiger partial charge >= 0.3 is 0 Å². The van der Waals surface area contributed by atoms with Crippen molar-refractivity contribution < 1.29 is 4.39 Å². The second-order valence-corrected chi connectivity index (χ2v) is 3.21. The highest BCUT2D eigenvalue weighted by Crippen LogP contribution is 2.08. The van der Waals surface area contributed by atoms with Gasteiger partial charge in [0.05, 0.1) is 5.56 Å². The molecule has 0 heterocycles. The van der Waals surface area contributed by atoms with Crippen LogP contribution >= 0.6 is 12.6 Å². The molecule has 2 heteroatoms. The van der Waals surface area contributed by atoms with Gasteiger partial charge in [-0.2, -0.15) is 12.6 Å². The fraction of sp³-hybridized carbons (Fsp3) is 0.273. The Labute approximate surface area is 83.6 Å². The molecule has 68 valence electrons. The highest BCUT2D eigenvalue weighted by Gasteiger charge is 1.97. The molecule has 0 spiro atoms. The quantitative estimate of drug-likeness (QED) is 0.516. The molecule has 13 heavy (non-hydrogen) atoms. The molecule has 0 aliphatic heterocycles.